The molecule has 2 heterocycles. The van der Waals surface area contributed by atoms with Crippen LogP contribution in [-0.2, 0) is 18.3 Å². The monoisotopic (exact) mass is 266 g/mol. The lowest BCUT2D eigenvalue weighted by Crippen LogP contribution is -2.15. The van der Waals surface area contributed by atoms with Crippen molar-refractivity contribution in [1.82, 2.24) is 0 Å². The average molecular weight is 267 g/mol. The number of rotatable bonds is 2. The SMILES string of the molecule is OCC1(c2c3c(c(Cl)c4c2OCC4)OCC3)CC1. The fraction of sp³-hybridized carbons (Fsp3) is 0.571. The van der Waals surface area contributed by atoms with Gasteiger partial charge in [0.05, 0.1) is 24.8 Å². The molecule has 0 aromatic heterocycles. The molecule has 0 spiro atoms. The third-order valence-electron chi connectivity index (χ3n) is 4.42. The van der Waals surface area contributed by atoms with Crippen LogP contribution in [0.3, 0.4) is 0 Å². The molecule has 0 atom stereocenters. The van der Waals surface area contributed by atoms with Gasteiger partial charge >= 0.3 is 0 Å². The minimum Gasteiger partial charge on any atom is -0.493 e. The Balaban J connectivity index is 2.02. The molecule has 3 aliphatic rings. The first-order valence-electron chi connectivity index (χ1n) is 6.51. The number of halogens is 1. The molecule has 0 unspecified atom stereocenters. The van der Waals surface area contributed by atoms with Crippen molar-refractivity contribution in [2.75, 3.05) is 19.8 Å². The number of fused-ring (bicyclic) bond motifs is 2. The predicted molar refractivity (Wildman–Crippen MR) is 67.8 cm³/mol. The van der Waals surface area contributed by atoms with E-state index in [0.717, 1.165) is 47.8 Å². The molecular weight excluding hydrogens is 252 g/mol. The molecule has 1 fully saturated rings. The van der Waals surface area contributed by atoms with Crippen LogP contribution in [-0.4, -0.2) is 24.9 Å². The Morgan fingerprint density at radius 1 is 1.06 bits per heavy atom. The average Bonchev–Trinajstić information content (AvgIpc) is 2.80. The molecule has 96 valence electrons. The molecule has 4 heteroatoms. The standard InChI is InChI=1S/C14H15ClO3/c15-11-9-2-6-17-12(9)10(14(7-16)3-4-14)8-1-5-18-13(8)11/h16H,1-7H2. The summed E-state index contributed by atoms with van der Waals surface area (Å²) < 4.78 is 11.5. The minimum absolute atomic E-state index is 0.0865. The molecule has 0 radical (unpaired) electrons. The summed E-state index contributed by atoms with van der Waals surface area (Å²) in [4.78, 5) is 0. The van der Waals surface area contributed by atoms with Crippen molar-refractivity contribution < 1.29 is 14.6 Å². The van der Waals surface area contributed by atoms with E-state index in [1.165, 1.54) is 11.1 Å². The number of benzene rings is 1. The molecule has 1 N–H and O–H groups in total. The number of hydrogen-bond acceptors (Lipinski definition) is 3. The van der Waals surface area contributed by atoms with Gasteiger partial charge in [-0.2, -0.15) is 0 Å². The van der Waals surface area contributed by atoms with Gasteiger partial charge in [0.1, 0.15) is 11.5 Å². The molecule has 0 amide bonds. The molecule has 1 saturated carbocycles. The van der Waals surface area contributed by atoms with Gasteiger partial charge in [0.2, 0.25) is 0 Å². The van der Waals surface area contributed by atoms with Crippen molar-refractivity contribution >= 4 is 11.6 Å². The van der Waals surface area contributed by atoms with E-state index in [0.29, 0.717) is 13.2 Å². The van der Waals surface area contributed by atoms with Crippen LogP contribution >= 0.6 is 11.6 Å². The normalized spacial score (nSPS) is 22.1. The lowest BCUT2D eigenvalue weighted by Gasteiger charge is -2.20. The summed E-state index contributed by atoms with van der Waals surface area (Å²) in [5, 5.41) is 10.4. The maximum Gasteiger partial charge on any atom is 0.142 e. The number of ether oxygens (including phenoxy) is 2. The van der Waals surface area contributed by atoms with Gasteiger partial charge in [0.25, 0.3) is 0 Å². The predicted octanol–water partition coefficient (Wildman–Crippen LogP) is 2.23. The number of hydrogen-bond donors (Lipinski definition) is 1. The maximum absolute atomic E-state index is 9.71. The van der Waals surface area contributed by atoms with Crippen LogP contribution in [0.2, 0.25) is 5.02 Å². The summed E-state index contributed by atoms with van der Waals surface area (Å²) in [6, 6.07) is 0. The Morgan fingerprint density at radius 3 is 2.39 bits per heavy atom. The summed E-state index contributed by atoms with van der Waals surface area (Å²) in [7, 11) is 0. The van der Waals surface area contributed by atoms with Crippen molar-refractivity contribution in [3.8, 4) is 11.5 Å². The highest BCUT2D eigenvalue weighted by Gasteiger charge is 2.50. The summed E-state index contributed by atoms with van der Waals surface area (Å²) in [6.07, 6.45) is 3.79. The molecule has 0 saturated heterocycles. The number of aliphatic hydroxyl groups is 1. The van der Waals surface area contributed by atoms with Crippen LogP contribution in [0.5, 0.6) is 11.5 Å². The molecule has 1 aromatic carbocycles. The molecular formula is C14H15ClO3. The molecule has 4 rings (SSSR count). The molecule has 3 nitrogen and oxygen atoms in total. The Hall–Kier alpha value is -0.930. The van der Waals surface area contributed by atoms with E-state index in [4.69, 9.17) is 21.1 Å². The van der Waals surface area contributed by atoms with Gasteiger partial charge in [-0.1, -0.05) is 11.6 Å². The van der Waals surface area contributed by atoms with Gasteiger partial charge < -0.3 is 14.6 Å². The Kier molecular flexibility index (Phi) is 2.16. The largest absolute Gasteiger partial charge is 0.493 e. The van der Waals surface area contributed by atoms with Gasteiger partial charge in [-0.15, -0.1) is 0 Å². The van der Waals surface area contributed by atoms with Crippen LogP contribution in [0.15, 0.2) is 0 Å². The molecule has 1 aromatic rings. The van der Waals surface area contributed by atoms with Crippen LogP contribution < -0.4 is 9.47 Å². The topological polar surface area (TPSA) is 38.7 Å². The molecule has 2 aliphatic heterocycles. The summed E-state index contributed by atoms with van der Waals surface area (Å²) in [6.45, 7) is 1.57. The van der Waals surface area contributed by atoms with E-state index in [9.17, 15) is 5.11 Å². The third-order valence-corrected chi connectivity index (χ3v) is 4.82. The second-order valence-electron chi connectivity index (χ2n) is 5.44. The van der Waals surface area contributed by atoms with Gasteiger partial charge in [-0.25, -0.2) is 0 Å². The van der Waals surface area contributed by atoms with Gasteiger partial charge in [0, 0.05) is 34.9 Å². The van der Waals surface area contributed by atoms with Crippen molar-refractivity contribution in [2.24, 2.45) is 0 Å². The van der Waals surface area contributed by atoms with E-state index in [2.05, 4.69) is 0 Å². The second-order valence-corrected chi connectivity index (χ2v) is 5.82. The van der Waals surface area contributed by atoms with E-state index in [1.807, 2.05) is 0 Å². The Morgan fingerprint density at radius 2 is 1.72 bits per heavy atom. The lowest BCUT2D eigenvalue weighted by atomic mass is 9.88. The summed E-state index contributed by atoms with van der Waals surface area (Å²) in [5.74, 6) is 1.78. The first kappa shape index (κ1) is 10.9. The fourth-order valence-electron chi connectivity index (χ4n) is 3.25. The van der Waals surface area contributed by atoms with Crippen LogP contribution in [0.25, 0.3) is 0 Å². The lowest BCUT2D eigenvalue weighted by molar-refractivity contribution is 0.250. The van der Waals surface area contributed by atoms with Crippen LogP contribution in [0, 0.1) is 0 Å². The first-order chi connectivity index (χ1) is 8.77. The van der Waals surface area contributed by atoms with E-state index >= 15 is 0 Å². The highest BCUT2D eigenvalue weighted by Crippen LogP contribution is 2.58. The van der Waals surface area contributed by atoms with Crippen molar-refractivity contribution in [3.63, 3.8) is 0 Å². The fourth-order valence-corrected chi connectivity index (χ4v) is 3.60. The molecule has 0 bridgehead atoms. The smallest absolute Gasteiger partial charge is 0.142 e. The van der Waals surface area contributed by atoms with Crippen LogP contribution in [0.1, 0.15) is 29.5 Å². The zero-order valence-corrected chi connectivity index (χ0v) is 10.8. The second kappa shape index (κ2) is 3.55. The molecule has 1 aliphatic carbocycles. The summed E-state index contributed by atoms with van der Waals surface area (Å²) >= 11 is 6.42. The number of aliphatic hydroxyl groups excluding tert-OH is 1. The Bertz CT molecular complexity index is 499. The van der Waals surface area contributed by atoms with Gasteiger partial charge in [0.15, 0.2) is 0 Å². The third kappa shape index (κ3) is 1.24. The van der Waals surface area contributed by atoms with E-state index in [1.54, 1.807) is 0 Å². The van der Waals surface area contributed by atoms with Crippen molar-refractivity contribution in [2.45, 2.75) is 31.1 Å². The quantitative estimate of drug-likeness (QED) is 0.892. The zero-order chi connectivity index (χ0) is 12.3. The van der Waals surface area contributed by atoms with E-state index < -0.39 is 0 Å². The highest BCUT2D eigenvalue weighted by molar-refractivity contribution is 6.33. The zero-order valence-electron chi connectivity index (χ0n) is 10.1. The molecule has 18 heavy (non-hydrogen) atoms. The van der Waals surface area contributed by atoms with Gasteiger partial charge in [-0.3, -0.25) is 0 Å². The highest BCUT2D eigenvalue weighted by atomic mass is 35.5. The first-order valence-corrected chi connectivity index (χ1v) is 6.89. The maximum atomic E-state index is 9.71. The van der Waals surface area contributed by atoms with Crippen molar-refractivity contribution in [3.05, 3.63) is 21.7 Å². The van der Waals surface area contributed by atoms with Crippen LogP contribution in [0.4, 0.5) is 0 Å². The van der Waals surface area contributed by atoms with Crippen molar-refractivity contribution in [1.29, 1.82) is 0 Å². The minimum atomic E-state index is -0.0865. The van der Waals surface area contributed by atoms with E-state index in [-0.39, 0.29) is 12.0 Å². The summed E-state index contributed by atoms with van der Waals surface area (Å²) in [5.41, 5.74) is 3.35. The van der Waals surface area contributed by atoms with Gasteiger partial charge in [-0.05, 0) is 12.8 Å². The Labute approximate surface area is 111 Å².